The molecule has 0 amide bonds. The first-order chi connectivity index (χ1) is 7.56. The van der Waals surface area contributed by atoms with Gasteiger partial charge in [-0.3, -0.25) is 0 Å². The van der Waals surface area contributed by atoms with Crippen LogP contribution in [0.25, 0.3) is 0 Å². The van der Waals surface area contributed by atoms with Crippen molar-refractivity contribution in [2.75, 3.05) is 23.7 Å². The molecule has 0 radical (unpaired) electrons. The van der Waals surface area contributed by atoms with Crippen LogP contribution >= 0.6 is 15.9 Å². The second kappa shape index (κ2) is 4.63. The number of ether oxygens (including phenoxy) is 1. The molecule has 0 saturated carbocycles. The summed E-state index contributed by atoms with van der Waals surface area (Å²) < 4.78 is 6.77. The average molecular weight is 285 g/mol. The van der Waals surface area contributed by atoms with Crippen molar-refractivity contribution in [1.29, 1.82) is 0 Å². The molecule has 1 aliphatic heterocycles. The topological polar surface area (TPSA) is 38.5 Å². The van der Waals surface area contributed by atoms with E-state index in [0.29, 0.717) is 0 Å². The second-order valence-corrected chi connectivity index (χ2v) is 5.28. The highest BCUT2D eigenvalue weighted by atomic mass is 79.9. The Hall–Kier alpha value is -0.740. The van der Waals surface area contributed by atoms with Crippen LogP contribution in [-0.2, 0) is 4.74 Å². The first-order valence-corrected chi connectivity index (χ1v) is 6.31. The Kier molecular flexibility index (Phi) is 3.40. The van der Waals surface area contributed by atoms with E-state index in [9.17, 15) is 0 Å². The number of nitrogen functional groups attached to an aromatic ring is 1. The number of rotatable bonds is 1. The number of morpholine rings is 1. The van der Waals surface area contributed by atoms with E-state index in [1.54, 1.807) is 0 Å². The van der Waals surface area contributed by atoms with Crippen molar-refractivity contribution < 1.29 is 4.74 Å². The summed E-state index contributed by atoms with van der Waals surface area (Å²) in [5.74, 6) is 0. The molecule has 0 bridgehead atoms. The van der Waals surface area contributed by atoms with Crippen molar-refractivity contribution >= 4 is 27.3 Å². The Morgan fingerprint density at radius 2 is 1.94 bits per heavy atom. The molecule has 88 valence electrons. The molecule has 1 heterocycles. The van der Waals surface area contributed by atoms with Gasteiger partial charge >= 0.3 is 0 Å². The third kappa shape index (κ3) is 2.50. The number of halogens is 1. The van der Waals surface area contributed by atoms with Gasteiger partial charge in [-0.15, -0.1) is 0 Å². The number of anilines is 2. The summed E-state index contributed by atoms with van der Waals surface area (Å²) in [5.41, 5.74) is 7.93. The molecule has 2 atom stereocenters. The lowest BCUT2D eigenvalue weighted by Crippen LogP contribution is -2.45. The van der Waals surface area contributed by atoms with Crippen molar-refractivity contribution in [2.45, 2.75) is 26.1 Å². The minimum Gasteiger partial charge on any atom is -0.397 e. The normalized spacial score (nSPS) is 25.8. The maximum Gasteiger partial charge on any atom is 0.0726 e. The minimum absolute atomic E-state index is 0.252. The molecule has 1 saturated heterocycles. The maximum absolute atomic E-state index is 6.01. The van der Waals surface area contributed by atoms with E-state index < -0.39 is 0 Å². The summed E-state index contributed by atoms with van der Waals surface area (Å²) in [5, 5.41) is 0. The minimum atomic E-state index is 0.252. The van der Waals surface area contributed by atoms with Crippen LogP contribution in [0, 0.1) is 0 Å². The molecule has 0 spiro atoms. The third-order valence-corrected chi connectivity index (χ3v) is 3.25. The first kappa shape index (κ1) is 11.7. The molecule has 0 aliphatic carbocycles. The molecule has 1 aliphatic rings. The van der Waals surface area contributed by atoms with E-state index in [2.05, 4.69) is 40.7 Å². The summed E-state index contributed by atoms with van der Waals surface area (Å²) in [7, 11) is 0. The Morgan fingerprint density at radius 3 is 2.56 bits per heavy atom. The van der Waals surface area contributed by atoms with E-state index in [0.717, 1.165) is 28.9 Å². The lowest BCUT2D eigenvalue weighted by atomic mass is 10.2. The summed E-state index contributed by atoms with van der Waals surface area (Å²) in [6.45, 7) is 5.98. The van der Waals surface area contributed by atoms with Gasteiger partial charge in [-0.05, 0) is 32.0 Å². The zero-order valence-corrected chi connectivity index (χ0v) is 11.2. The Balaban J connectivity index is 2.25. The summed E-state index contributed by atoms with van der Waals surface area (Å²) in [6.07, 6.45) is 0.504. The zero-order valence-electron chi connectivity index (χ0n) is 9.61. The summed E-state index contributed by atoms with van der Waals surface area (Å²) in [4.78, 5) is 2.29. The third-order valence-electron chi connectivity index (χ3n) is 2.75. The molecule has 1 aromatic rings. The van der Waals surface area contributed by atoms with Crippen LogP contribution in [0.15, 0.2) is 22.7 Å². The summed E-state index contributed by atoms with van der Waals surface area (Å²) in [6, 6.07) is 5.97. The SMILES string of the molecule is CC1CN(c2cc(Br)ccc2N)CC(C)O1. The van der Waals surface area contributed by atoms with Gasteiger partial charge in [-0.1, -0.05) is 15.9 Å². The molecule has 2 N–H and O–H groups in total. The van der Waals surface area contributed by atoms with Gasteiger partial charge in [0.2, 0.25) is 0 Å². The molecule has 4 heteroatoms. The van der Waals surface area contributed by atoms with Crippen LogP contribution in [0.4, 0.5) is 11.4 Å². The number of hydrogen-bond acceptors (Lipinski definition) is 3. The van der Waals surface area contributed by atoms with Gasteiger partial charge in [0, 0.05) is 17.6 Å². The highest BCUT2D eigenvalue weighted by Gasteiger charge is 2.23. The molecule has 3 nitrogen and oxygen atoms in total. The van der Waals surface area contributed by atoms with Crippen molar-refractivity contribution in [3.05, 3.63) is 22.7 Å². The van der Waals surface area contributed by atoms with Crippen LogP contribution < -0.4 is 10.6 Å². The number of nitrogens with zero attached hydrogens (tertiary/aromatic N) is 1. The van der Waals surface area contributed by atoms with Crippen molar-refractivity contribution in [3.8, 4) is 0 Å². The molecular weight excluding hydrogens is 268 g/mol. The predicted molar refractivity (Wildman–Crippen MR) is 70.8 cm³/mol. The highest BCUT2D eigenvalue weighted by Crippen LogP contribution is 2.29. The van der Waals surface area contributed by atoms with Gasteiger partial charge in [0.1, 0.15) is 0 Å². The van der Waals surface area contributed by atoms with Crippen LogP contribution in [0.2, 0.25) is 0 Å². The molecule has 2 unspecified atom stereocenters. The Bertz CT molecular complexity index is 373. The molecular formula is C12H17BrN2O. The number of nitrogens with two attached hydrogens (primary N) is 1. The Morgan fingerprint density at radius 1 is 1.31 bits per heavy atom. The van der Waals surface area contributed by atoms with E-state index in [1.807, 2.05) is 12.1 Å². The molecule has 1 fully saturated rings. The molecule has 16 heavy (non-hydrogen) atoms. The van der Waals surface area contributed by atoms with Gasteiger partial charge in [-0.2, -0.15) is 0 Å². The van der Waals surface area contributed by atoms with E-state index in [-0.39, 0.29) is 12.2 Å². The first-order valence-electron chi connectivity index (χ1n) is 5.51. The van der Waals surface area contributed by atoms with Crippen LogP contribution in [-0.4, -0.2) is 25.3 Å². The van der Waals surface area contributed by atoms with Gasteiger partial charge in [0.15, 0.2) is 0 Å². The largest absolute Gasteiger partial charge is 0.397 e. The van der Waals surface area contributed by atoms with Crippen LogP contribution in [0.3, 0.4) is 0 Å². The zero-order chi connectivity index (χ0) is 11.7. The van der Waals surface area contributed by atoms with Gasteiger partial charge in [0.05, 0.1) is 23.6 Å². The van der Waals surface area contributed by atoms with Gasteiger partial charge in [0.25, 0.3) is 0 Å². The molecule has 0 aromatic heterocycles. The highest BCUT2D eigenvalue weighted by molar-refractivity contribution is 9.10. The van der Waals surface area contributed by atoms with Crippen molar-refractivity contribution in [2.24, 2.45) is 0 Å². The average Bonchev–Trinajstić information content (AvgIpc) is 2.20. The Labute approximate surface area is 105 Å². The van der Waals surface area contributed by atoms with Crippen molar-refractivity contribution in [3.63, 3.8) is 0 Å². The second-order valence-electron chi connectivity index (χ2n) is 4.37. The molecule has 1 aromatic carbocycles. The molecule has 2 rings (SSSR count). The van der Waals surface area contributed by atoms with E-state index >= 15 is 0 Å². The van der Waals surface area contributed by atoms with Gasteiger partial charge in [-0.25, -0.2) is 0 Å². The summed E-state index contributed by atoms with van der Waals surface area (Å²) >= 11 is 3.48. The quantitative estimate of drug-likeness (QED) is 0.806. The fraction of sp³-hybridized carbons (Fsp3) is 0.500. The smallest absolute Gasteiger partial charge is 0.0726 e. The lowest BCUT2D eigenvalue weighted by molar-refractivity contribution is -0.00517. The van der Waals surface area contributed by atoms with Crippen LogP contribution in [0.5, 0.6) is 0 Å². The van der Waals surface area contributed by atoms with Crippen molar-refractivity contribution in [1.82, 2.24) is 0 Å². The number of hydrogen-bond donors (Lipinski definition) is 1. The standard InChI is InChI=1S/C12H17BrN2O/c1-8-6-15(7-9(2)16-8)12-5-10(13)3-4-11(12)14/h3-5,8-9H,6-7,14H2,1-2H3. The lowest BCUT2D eigenvalue weighted by Gasteiger charge is -2.37. The van der Waals surface area contributed by atoms with E-state index in [1.165, 1.54) is 0 Å². The fourth-order valence-electron chi connectivity index (χ4n) is 2.17. The van der Waals surface area contributed by atoms with Gasteiger partial charge < -0.3 is 15.4 Å². The predicted octanol–water partition coefficient (Wildman–Crippen LogP) is 2.64. The van der Waals surface area contributed by atoms with E-state index in [4.69, 9.17) is 10.5 Å². The van der Waals surface area contributed by atoms with Crippen LogP contribution in [0.1, 0.15) is 13.8 Å². The number of benzene rings is 1. The monoisotopic (exact) mass is 284 g/mol. The fourth-order valence-corrected chi connectivity index (χ4v) is 2.51. The maximum atomic E-state index is 6.01.